The van der Waals surface area contributed by atoms with E-state index in [0.717, 1.165) is 0 Å². The topological polar surface area (TPSA) is 114 Å². The number of hydrogen-bond donors (Lipinski definition) is 1. The van der Waals surface area contributed by atoms with Crippen LogP contribution in [0.15, 0.2) is 16.8 Å². The van der Waals surface area contributed by atoms with Crippen molar-refractivity contribution in [1.82, 2.24) is 0 Å². The molecule has 0 aromatic carbocycles. The summed E-state index contributed by atoms with van der Waals surface area (Å²) in [5, 5.41) is 13.4. The van der Waals surface area contributed by atoms with E-state index in [4.69, 9.17) is 15.0 Å². The minimum absolute atomic E-state index is 0.0460. The number of carbonyl (C=O) groups is 1. The maximum Gasteiger partial charge on any atom is 0.333 e. The predicted octanol–water partition coefficient (Wildman–Crippen LogP) is 0.518. The van der Waals surface area contributed by atoms with Crippen molar-refractivity contribution in [1.29, 1.82) is 0 Å². The molecule has 8 heteroatoms. The molecule has 1 aliphatic carbocycles. The zero-order valence-corrected chi connectivity index (χ0v) is 10.1. The number of rotatable bonds is 5. The van der Waals surface area contributed by atoms with Gasteiger partial charge in [-0.2, -0.15) is 0 Å². The van der Waals surface area contributed by atoms with Crippen molar-refractivity contribution in [3.63, 3.8) is 0 Å². The lowest BCUT2D eigenvalue weighted by Crippen LogP contribution is -2.41. The molecule has 8 nitrogen and oxygen atoms in total. The molecule has 1 N–H and O–H groups in total. The molecular formula is C10H15N3O5. The molecule has 0 aromatic rings. The fourth-order valence-electron chi connectivity index (χ4n) is 1.68. The minimum Gasteiger partial charge on any atom is -0.466 e. The molecule has 0 spiro atoms. The van der Waals surface area contributed by atoms with Gasteiger partial charge in [-0.1, -0.05) is 5.11 Å². The molecule has 0 heterocycles. The first-order chi connectivity index (χ1) is 8.63. The zero-order valence-electron chi connectivity index (χ0n) is 10.1. The number of aliphatic hydroxyl groups is 1. The highest BCUT2D eigenvalue weighted by atomic mass is 16.7. The van der Waals surface area contributed by atoms with Crippen molar-refractivity contribution in [3.05, 3.63) is 22.1 Å². The molecule has 0 unspecified atom stereocenters. The zero-order chi connectivity index (χ0) is 13.5. The number of nitrogens with zero attached hydrogens (tertiary/aromatic N) is 3. The highest BCUT2D eigenvalue weighted by molar-refractivity contribution is 5.88. The summed E-state index contributed by atoms with van der Waals surface area (Å²) < 4.78 is 14.5. The number of esters is 1. The van der Waals surface area contributed by atoms with E-state index in [1.165, 1.54) is 20.3 Å². The van der Waals surface area contributed by atoms with Crippen LogP contribution in [-0.2, 0) is 19.0 Å². The fourth-order valence-corrected chi connectivity index (χ4v) is 1.68. The van der Waals surface area contributed by atoms with Gasteiger partial charge in [0.05, 0.1) is 19.3 Å². The number of azide groups is 1. The van der Waals surface area contributed by atoms with Crippen molar-refractivity contribution < 1.29 is 24.1 Å². The summed E-state index contributed by atoms with van der Waals surface area (Å²) in [5.74, 6) is -0.536. The molecule has 0 aromatic heterocycles. The van der Waals surface area contributed by atoms with Crippen molar-refractivity contribution in [3.8, 4) is 0 Å². The van der Waals surface area contributed by atoms with Crippen LogP contribution in [0.3, 0.4) is 0 Å². The molecule has 100 valence electrons. The summed E-state index contributed by atoms with van der Waals surface area (Å²) in [7, 11) is 2.69. The van der Waals surface area contributed by atoms with E-state index in [1.54, 1.807) is 0 Å². The second kappa shape index (κ2) is 6.97. The molecule has 0 aliphatic heterocycles. The summed E-state index contributed by atoms with van der Waals surface area (Å²) in [5.41, 5.74) is 8.73. The van der Waals surface area contributed by atoms with Gasteiger partial charge in [0, 0.05) is 17.6 Å². The third-order valence-corrected chi connectivity index (χ3v) is 2.55. The van der Waals surface area contributed by atoms with Crippen molar-refractivity contribution in [2.24, 2.45) is 5.11 Å². The Hall–Kier alpha value is -1.60. The fraction of sp³-hybridized carbons (Fsp3) is 0.700. The smallest absolute Gasteiger partial charge is 0.333 e. The molecule has 0 radical (unpaired) electrons. The molecule has 0 fully saturated rings. The molecule has 3 atom stereocenters. The lowest BCUT2D eigenvalue weighted by atomic mass is 9.90. The Morgan fingerprint density at radius 1 is 1.67 bits per heavy atom. The van der Waals surface area contributed by atoms with Crippen LogP contribution >= 0.6 is 0 Å². The molecule has 1 rings (SSSR count). The maximum absolute atomic E-state index is 11.4. The van der Waals surface area contributed by atoms with E-state index in [-0.39, 0.29) is 13.2 Å². The van der Waals surface area contributed by atoms with Crippen LogP contribution in [0.25, 0.3) is 10.4 Å². The van der Waals surface area contributed by atoms with Gasteiger partial charge in [-0.05, 0) is 18.0 Å². The Kier molecular flexibility index (Phi) is 5.60. The summed E-state index contributed by atoms with van der Waals surface area (Å²) >= 11 is 0. The molecule has 0 amide bonds. The van der Waals surface area contributed by atoms with Crippen LogP contribution in [0.5, 0.6) is 0 Å². The van der Waals surface area contributed by atoms with Gasteiger partial charge >= 0.3 is 5.97 Å². The second-order valence-electron chi connectivity index (χ2n) is 3.69. The molecule has 0 bridgehead atoms. The largest absolute Gasteiger partial charge is 0.466 e. The molecule has 18 heavy (non-hydrogen) atoms. The number of aliphatic hydroxyl groups excluding tert-OH is 1. The van der Waals surface area contributed by atoms with Crippen molar-refractivity contribution >= 4 is 5.97 Å². The normalized spacial score (nSPS) is 27.1. The Morgan fingerprint density at radius 2 is 2.39 bits per heavy atom. The van der Waals surface area contributed by atoms with Crippen LogP contribution < -0.4 is 0 Å². The van der Waals surface area contributed by atoms with E-state index < -0.39 is 24.2 Å². The standard InChI is InChI=1S/C10H15N3O5/c1-16-5-18-8-4-6(10(15)17-2)3-7(9(8)14)12-13-11/h4,7-9,14H,3,5H2,1-2H3/t7-,8-,9+/m1/s1. The third-order valence-electron chi connectivity index (χ3n) is 2.55. The van der Waals surface area contributed by atoms with Gasteiger partial charge < -0.3 is 19.3 Å². The summed E-state index contributed by atoms with van der Waals surface area (Å²) in [6.07, 6.45) is -0.225. The number of methoxy groups -OCH3 is 2. The maximum atomic E-state index is 11.4. The minimum atomic E-state index is -1.02. The average molecular weight is 257 g/mol. The van der Waals surface area contributed by atoms with Crippen molar-refractivity contribution in [2.75, 3.05) is 21.0 Å². The van der Waals surface area contributed by atoms with Gasteiger partial charge in [0.15, 0.2) is 0 Å². The van der Waals surface area contributed by atoms with E-state index in [0.29, 0.717) is 5.57 Å². The van der Waals surface area contributed by atoms with Gasteiger partial charge in [0.2, 0.25) is 0 Å². The lowest BCUT2D eigenvalue weighted by molar-refractivity contribution is -0.137. The quantitative estimate of drug-likeness (QED) is 0.253. The van der Waals surface area contributed by atoms with E-state index >= 15 is 0 Å². The monoisotopic (exact) mass is 257 g/mol. The van der Waals surface area contributed by atoms with Crippen LogP contribution in [-0.4, -0.2) is 50.3 Å². The highest BCUT2D eigenvalue weighted by Gasteiger charge is 2.34. The first kappa shape index (κ1) is 14.5. The first-order valence-electron chi connectivity index (χ1n) is 5.25. The van der Waals surface area contributed by atoms with Crippen LogP contribution in [0, 0.1) is 0 Å². The Morgan fingerprint density at radius 3 is 2.94 bits per heavy atom. The first-order valence-corrected chi connectivity index (χ1v) is 5.25. The molecule has 1 aliphatic rings. The van der Waals surface area contributed by atoms with Crippen LogP contribution in [0.2, 0.25) is 0 Å². The van der Waals surface area contributed by atoms with Gasteiger partial charge in [0.1, 0.15) is 12.9 Å². The third kappa shape index (κ3) is 3.44. The van der Waals surface area contributed by atoms with Crippen molar-refractivity contribution in [2.45, 2.75) is 24.7 Å². The Bertz CT molecular complexity index is 378. The van der Waals surface area contributed by atoms with Gasteiger partial charge in [0.25, 0.3) is 0 Å². The van der Waals surface area contributed by atoms with E-state index in [2.05, 4.69) is 14.8 Å². The molecule has 0 saturated carbocycles. The van der Waals surface area contributed by atoms with Gasteiger partial charge in [-0.15, -0.1) is 0 Å². The lowest BCUT2D eigenvalue weighted by Gasteiger charge is -2.30. The van der Waals surface area contributed by atoms with Crippen LogP contribution in [0.4, 0.5) is 0 Å². The van der Waals surface area contributed by atoms with Gasteiger partial charge in [-0.3, -0.25) is 0 Å². The second-order valence-corrected chi connectivity index (χ2v) is 3.69. The van der Waals surface area contributed by atoms with Crippen LogP contribution in [0.1, 0.15) is 6.42 Å². The number of carbonyl (C=O) groups excluding carboxylic acids is 1. The molecular weight excluding hydrogens is 242 g/mol. The Labute approximate surface area is 104 Å². The summed E-state index contributed by atoms with van der Waals surface area (Å²) in [6, 6.07) is -0.768. The van der Waals surface area contributed by atoms with E-state index in [1.807, 2.05) is 0 Å². The summed E-state index contributed by atoms with van der Waals surface area (Å²) in [4.78, 5) is 14.1. The predicted molar refractivity (Wildman–Crippen MR) is 60.4 cm³/mol. The SMILES string of the molecule is COCO[C@@H]1C=C(C(=O)OC)C[C@@H](N=[N+]=[N-])[C@@H]1O. The number of hydrogen-bond acceptors (Lipinski definition) is 6. The summed E-state index contributed by atoms with van der Waals surface area (Å²) in [6.45, 7) is -0.0460. The average Bonchev–Trinajstić information content (AvgIpc) is 2.39. The number of ether oxygens (including phenoxy) is 3. The molecule has 0 saturated heterocycles. The van der Waals surface area contributed by atoms with Gasteiger partial charge in [-0.25, -0.2) is 4.79 Å². The van der Waals surface area contributed by atoms with E-state index in [9.17, 15) is 9.90 Å². The Balaban J connectivity index is 2.90. The highest BCUT2D eigenvalue weighted by Crippen LogP contribution is 2.25.